The third-order valence-corrected chi connectivity index (χ3v) is 5.80. The highest BCUT2D eigenvalue weighted by atomic mass is 79.9. The Labute approximate surface area is 135 Å². The smallest absolute Gasteiger partial charge is 0.0642 e. The minimum atomic E-state index is 0.778. The second-order valence-corrected chi connectivity index (χ2v) is 7.07. The van der Waals surface area contributed by atoms with Crippen molar-refractivity contribution in [3.05, 3.63) is 28.8 Å². The molecule has 2 heterocycles. The van der Waals surface area contributed by atoms with Crippen LogP contribution < -0.4 is 4.90 Å². The minimum Gasteiger partial charge on any atom is -0.370 e. The van der Waals surface area contributed by atoms with Gasteiger partial charge < -0.3 is 9.80 Å². The summed E-state index contributed by atoms with van der Waals surface area (Å²) in [5, 5.41) is 1.76. The topological polar surface area (TPSA) is 6.48 Å². The van der Waals surface area contributed by atoms with E-state index in [0.29, 0.717) is 0 Å². The van der Waals surface area contributed by atoms with E-state index < -0.39 is 0 Å². The summed E-state index contributed by atoms with van der Waals surface area (Å²) in [5.74, 6) is 0.800. The van der Waals surface area contributed by atoms with Gasteiger partial charge in [-0.15, -0.1) is 0 Å². The maximum Gasteiger partial charge on any atom is 0.0642 e. The van der Waals surface area contributed by atoms with Crippen molar-refractivity contribution in [2.75, 3.05) is 31.6 Å². The van der Waals surface area contributed by atoms with Gasteiger partial charge in [0.15, 0.2) is 0 Å². The Balaban J connectivity index is 1.76. The van der Waals surface area contributed by atoms with E-state index in [4.69, 9.17) is 11.6 Å². The first-order chi connectivity index (χ1) is 9.69. The predicted octanol–water partition coefficient (Wildman–Crippen LogP) is 4.16. The van der Waals surface area contributed by atoms with Gasteiger partial charge in [-0.3, -0.25) is 0 Å². The van der Waals surface area contributed by atoms with Crippen LogP contribution in [0.25, 0.3) is 0 Å². The first-order valence-electron chi connectivity index (χ1n) is 7.48. The molecule has 3 rings (SSSR count). The number of nitrogens with zero attached hydrogens (tertiary/aromatic N) is 2. The average Bonchev–Trinajstić information content (AvgIpc) is 2.47. The molecule has 2 unspecified atom stereocenters. The van der Waals surface area contributed by atoms with E-state index in [-0.39, 0.29) is 0 Å². The van der Waals surface area contributed by atoms with Gasteiger partial charge in [0.1, 0.15) is 0 Å². The third-order valence-electron chi connectivity index (χ3n) is 4.85. The molecule has 0 aliphatic carbocycles. The molecule has 4 heteroatoms. The Hall–Kier alpha value is -0.250. The molecule has 0 aromatic heterocycles. The fourth-order valence-corrected chi connectivity index (χ4v) is 4.43. The molecule has 0 saturated carbocycles. The number of benzene rings is 1. The minimum absolute atomic E-state index is 0.778. The number of fused-ring (bicyclic) bond motifs is 1. The number of piperidine rings is 2. The number of alkyl halides is 1. The zero-order valence-corrected chi connectivity index (χ0v) is 14.3. The number of likely N-dealkylation sites (tertiary alicyclic amines) is 1. The summed E-state index contributed by atoms with van der Waals surface area (Å²) < 4.78 is 0. The van der Waals surface area contributed by atoms with Crippen molar-refractivity contribution in [3.63, 3.8) is 0 Å². The lowest BCUT2D eigenvalue weighted by atomic mass is 9.84. The first kappa shape index (κ1) is 14.7. The summed E-state index contributed by atoms with van der Waals surface area (Å²) in [6.07, 6.45) is 3.96. The van der Waals surface area contributed by atoms with Crippen molar-refractivity contribution in [3.8, 4) is 0 Å². The summed E-state index contributed by atoms with van der Waals surface area (Å²) >= 11 is 9.96. The summed E-state index contributed by atoms with van der Waals surface area (Å²) in [7, 11) is 2.28. The van der Waals surface area contributed by atoms with Crippen molar-refractivity contribution in [1.29, 1.82) is 0 Å². The molecule has 1 aromatic rings. The van der Waals surface area contributed by atoms with Crippen molar-refractivity contribution < 1.29 is 0 Å². The van der Waals surface area contributed by atoms with Gasteiger partial charge in [0.2, 0.25) is 0 Å². The van der Waals surface area contributed by atoms with Crippen LogP contribution in [0.5, 0.6) is 0 Å². The van der Waals surface area contributed by atoms with Crippen molar-refractivity contribution in [2.24, 2.45) is 5.92 Å². The number of halogens is 2. The van der Waals surface area contributed by atoms with Gasteiger partial charge in [-0.05, 0) is 56.5 Å². The van der Waals surface area contributed by atoms with Gasteiger partial charge in [-0.1, -0.05) is 33.6 Å². The van der Waals surface area contributed by atoms with Gasteiger partial charge in [-0.2, -0.15) is 0 Å². The van der Waals surface area contributed by atoms with Crippen LogP contribution in [0.2, 0.25) is 5.02 Å². The highest BCUT2D eigenvalue weighted by molar-refractivity contribution is 9.08. The lowest BCUT2D eigenvalue weighted by Gasteiger charge is -2.46. The zero-order chi connectivity index (χ0) is 14.1. The van der Waals surface area contributed by atoms with E-state index in [1.807, 2.05) is 0 Å². The molecule has 2 atom stereocenters. The Kier molecular flexibility index (Phi) is 4.58. The molecule has 2 aliphatic rings. The van der Waals surface area contributed by atoms with Gasteiger partial charge in [0.25, 0.3) is 0 Å². The molecule has 1 aromatic carbocycles. The molecular weight excluding hydrogens is 336 g/mol. The Bertz CT molecular complexity index is 480. The summed E-state index contributed by atoms with van der Waals surface area (Å²) in [4.78, 5) is 5.04. The summed E-state index contributed by atoms with van der Waals surface area (Å²) in [5.41, 5.74) is 2.45. The highest BCUT2D eigenvalue weighted by Crippen LogP contribution is 2.35. The van der Waals surface area contributed by atoms with Crippen molar-refractivity contribution in [1.82, 2.24) is 4.90 Å². The molecule has 20 heavy (non-hydrogen) atoms. The van der Waals surface area contributed by atoms with E-state index in [1.54, 1.807) is 0 Å². The van der Waals surface area contributed by atoms with Crippen LogP contribution in [0.1, 0.15) is 24.8 Å². The van der Waals surface area contributed by atoms with Gasteiger partial charge in [0.05, 0.1) is 10.7 Å². The maximum absolute atomic E-state index is 6.47. The molecule has 0 amide bonds. The molecule has 0 N–H and O–H groups in total. The van der Waals surface area contributed by atoms with Crippen LogP contribution in [0.4, 0.5) is 5.69 Å². The SMILES string of the molecule is CN1CCCC2CN(c3ccc(CBr)cc3Cl)CCC21. The second-order valence-electron chi connectivity index (χ2n) is 6.10. The summed E-state index contributed by atoms with van der Waals surface area (Å²) in [6, 6.07) is 7.23. The van der Waals surface area contributed by atoms with Crippen LogP contribution in [-0.4, -0.2) is 37.6 Å². The van der Waals surface area contributed by atoms with E-state index in [9.17, 15) is 0 Å². The molecule has 0 spiro atoms. The number of anilines is 1. The highest BCUT2D eigenvalue weighted by Gasteiger charge is 2.34. The van der Waals surface area contributed by atoms with Crippen LogP contribution in [0, 0.1) is 5.92 Å². The molecule has 110 valence electrons. The van der Waals surface area contributed by atoms with Crippen LogP contribution in [0.15, 0.2) is 18.2 Å². The van der Waals surface area contributed by atoms with Gasteiger partial charge in [0, 0.05) is 24.5 Å². The number of rotatable bonds is 2. The first-order valence-corrected chi connectivity index (χ1v) is 8.98. The Morgan fingerprint density at radius 2 is 2.15 bits per heavy atom. The van der Waals surface area contributed by atoms with E-state index in [2.05, 4.69) is 51.0 Å². The van der Waals surface area contributed by atoms with Crippen LogP contribution >= 0.6 is 27.5 Å². The molecule has 0 radical (unpaired) electrons. The van der Waals surface area contributed by atoms with E-state index in [0.717, 1.165) is 35.4 Å². The zero-order valence-electron chi connectivity index (χ0n) is 12.0. The molecule has 0 bridgehead atoms. The van der Waals surface area contributed by atoms with E-state index >= 15 is 0 Å². The third kappa shape index (κ3) is 2.86. The lowest BCUT2D eigenvalue weighted by molar-refractivity contribution is 0.102. The van der Waals surface area contributed by atoms with Crippen molar-refractivity contribution >= 4 is 33.2 Å². The summed E-state index contributed by atoms with van der Waals surface area (Å²) in [6.45, 7) is 3.54. The Morgan fingerprint density at radius 3 is 2.90 bits per heavy atom. The second kappa shape index (κ2) is 6.25. The monoisotopic (exact) mass is 356 g/mol. The van der Waals surface area contributed by atoms with Gasteiger partial charge >= 0.3 is 0 Å². The number of hydrogen-bond donors (Lipinski definition) is 0. The lowest BCUT2D eigenvalue weighted by Crippen LogP contribution is -2.52. The van der Waals surface area contributed by atoms with Crippen molar-refractivity contribution in [2.45, 2.75) is 30.6 Å². The molecule has 2 aliphatic heterocycles. The largest absolute Gasteiger partial charge is 0.370 e. The normalized spacial score (nSPS) is 27.4. The fourth-order valence-electron chi connectivity index (χ4n) is 3.76. The predicted molar refractivity (Wildman–Crippen MR) is 90.1 cm³/mol. The van der Waals surface area contributed by atoms with E-state index in [1.165, 1.54) is 37.1 Å². The fraction of sp³-hybridized carbons (Fsp3) is 0.625. The van der Waals surface area contributed by atoms with Crippen LogP contribution in [-0.2, 0) is 5.33 Å². The standard InChI is InChI=1S/C16H22BrClN2/c1-19-7-2-3-13-11-20(8-6-15(13)19)16-5-4-12(10-17)9-14(16)18/h4-5,9,13,15H,2-3,6-8,10-11H2,1H3. The molecular formula is C16H22BrClN2. The molecule has 2 fully saturated rings. The van der Waals surface area contributed by atoms with Gasteiger partial charge in [-0.25, -0.2) is 0 Å². The maximum atomic E-state index is 6.47. The quantitative estimate of drug-likeness (QED) is 0.733. The van der Waals surface area contributed by atoms with Crippen LogP contribution in [0.3, 0.4) is 0 Å². The molecule has 2 saturated heterocycles. The number of hydrogen-bond acceptors (Lipinski definition) is 2. The Morgan fingerprint density at radius 1 is 1.30 bits per heavy atom. The molecule has 2 nitrogen and oxygen atoms in total. The average molecular weight is 358 g/mol.